The molecular weight excluding hydrogens is 282 g/mol. The van der Waals surface area contributed by atoms with Crippen molar-refractivity contribution in [3.05, 3.63) is 11.1 Å². The summed E-state index contributed by atoms with van der Waals surface area (Å²) in [4.78, 5) is 8.34. The van der Waals surface area contributed by atoms with Crippen LogP contribution < -0.4 is 10.2 Å². The van der Waals surface area contributed by atoms with Gasteiger partial charge in [-0.3, -0.25) is 0 Å². The van der Waals surface area contributed by atoms with E-state index in [9.17, 15) is 0 Å². The minimum absolute atomic E-state index is 0.544. The molecule has 1 N–H and O–H groups in total. The van der Waals surface area contributed by atoms with Crippen molar-refractivity contribution in [2.45, 2.75) is 53.1 Å². The summed E-state index contributed by atoms with van der Waals surface area (Å²) in [5.41, 5.74) is 0. The van der Waals surface area contributed by atoms with E-state index in [1.807, 2.05) is 6.20 Å². The monoisotopic (exact) mass is 313 g/mol. The summed E-state index contributed by atoms with van der Waals surface area (Å²) in [5, 5.41) is 4.61. The molecule has 5 heteroatoms. The lowest BCUT2D eigenvalue weighted by Crippen LogP contribution is -2.37. The Morgan fingerprint density at radius 2 is 2.05 bits per heavy atom. The van der Waals surface area contributed by atoms with E-state index in [4.69, 9.17) is 4.74 Å². The number of hydrogen-bond acceptors (Lipinski definition) is 5. The molecule has 0 spiro atoms. The summed E-state index contributed by atoms with van der Waals surface area (Å²) in [6.45, 7) is 12.6. The zero-order valence-corrected chi connectivity index (χ0v) is 15.0. The highest BCUT2D eigenvalue weighted by atomic mass is 32.1. The van der Waals surface area contributed by atoms with Crippen LogP contribution in [0.5, 0.6) is 0 Å². The van der Waals surface area contributed by atoms with Crippen molar-refractivity contribution in [2.75, 3.05) is 31.7 Å². The van der Waals surface area contributed by atoms with Gasteiger partial charge in [-0.1, -0.05) is 27.7 Å². The number of anilines is 1. The Morgan fingerprint density at radius 3 is 2.62 bits per heavy atom. The number of nitrogens with zero attached hydrogens (tertiary/aromatic N) is 2. The van der Waals surface area contributed by atoms with Crippen molar-refractivity contribution in [1.29, 1.82) is 0 Å². The van der Waals surface area contributed by atoms with Gasteiger partial charge in [0.1, 0.15) is 0 Å². The molecule has 0 fully saturated rings. The van der Waals surface area contributed by atoms with Crippen LogP contribution in [0.1, 0.15) is 45.4 Å². The summed E-state index contributed by atoms with van der Waals surface area (Å²) >= 11 is 1.80. The zero-order valence-electron chi connectivity index (χ0n) is 14.2. The summed E-state index contributed by atoms with van der Waals surface area (Å²) < 4.78 is 5.25. The Bertz CT molecular complexity index is 377. The molecule has 0 amide bonds. The van der Waals surface area contributed by atoms with Crippen molar-refractivity contribution in [1.82, 2.24) is 10.3 Å². The van der Waals surface area contributed by atoms with E-state index in [0.29, 0.717) is 12.0 Å². The van der Waals surface area contributed by atoms with Crippen LogP contribution >= 0.6 is 11.3 Å². The van der Waals surface area contributed by atoms with Gasteiger partial charge in [0.05, 0.1) is 6.61 Å². The fourth-order valence-corrected chi connectivity index (χ4v) is 3.33. The van der Waals surface area contributed by atoms with Gasteiger partial charge in [-0.15, -0.1) is 11.3 Å². The Hall–Kier alpha value is -0.650. The van der Waals surface area contributed by atoms with Crippen LogP contribution in [-0.2, 0) is 11.3 Å². The molecule has 1 aromatic rings. The van der Waals surface area contributed by atoms with Gasteiger partial charge >= 0.3 is 0 Å². The topological polar surface area (TPSA) is 37.4 Å². The molecule has 0 aliphatic heterocycles. The van der Waals surface area contributed by atoms with Crippen LogP contribution in [-0.4, -0.2) is 37.8 Å². The largest absolute Gasteiger partial charge is 0.383 e. The standard InChI is InChI=1S/C16H31N3OS/c1-6-14(7-2)19(8-9-20-5)16-18-12-15(21-16)11-17-10-13(3)4/h12-14,17H,6-11H2,1-5H3. The van der Waals surface area contributed by atoms with Gasteiger partial charge in [0.2, 0.25) is 0 Å². The van der Waals surface area contributed by atoms with Gasteiger partial charge in [-0.25, -0.2) is 4.98 Å². The Kier molecular flexibility index (Phi) is 8.88. The Morgan fingerprint density at radius 1 is 1.33 bits per heavy atom. The SMILES string of the molecule is CCC(CC)N(CCOC)c1ncc(CNCC(C)C)s1. The first kappa shape index (κ1) is 18.4. The van der Waals surface area contributed by atoms with Gasteiger partial charge in [0.15, 0.2) is 5.13 Å². The maximum absolute atomic E-state index is 5.25. The summed E-state index contributed by atoms with van der Waals surface area (Å²) in [6, 6.07) is 0.544. The number of hydrogen-bond donors (Lipinski definition) is 1. The Labute approximate surface area is 133 Å². The molecule has 1 rings (SSSR count). The molecule has 4 nitrogen and oxygen atoms in total. The number of rotatable bonds is 11. The second kappa shape index (κ2) is 10.1. The molecule has 0 saturated heterocycles. The molecule has 0 radical (unpaired) electrons. The van der Waals surface area contributed by atoms with E-state index in [2.05, 4.69) is 42.9 Å². The quantitative estimate of drug-likeness (QED) is 0.678. The van der Waals surface area contributed by atoms with E-state index in [0.717, 1.165) is 44.2 Å². The van der Waals surface area contributed by atoms with Crippen LogP contribution in [0.2, 0.25) is 0 Å². The third-order valence-electron chi connectivity index (χ3n) is 3.56. The molecule has 0 unspecified atom stereocenters. The van der Waals surface area contributed by atoms with Crippen molar-refractivity contribution in [3.8, 4) is 0 Å². The predicted molar refractivity (Wildman–Crippen MR) is 92.3 cm³/mol. The van der Waals surface area contributed by atoms with E-state index in [-0.39, 0.29) is 0 Å². The van der Waals surface area contributed by atoms with Crippen molar-refractivity contribution in [3.63, 3.8) is 0 Å². The number of thiazole rings is 1. The molecule has 0 bridgehead atoms. The summed E-state index contributed by atoms with van der Waals surface area (Å²) in [7, 11) is 1.76. The first-order valence-corrected chi connectivity index (χ1v) is 8.84. The normalized spacial score (nSPS) is 11.6. The highest BCUT2D eigenvalue weighted by Gasteiger charge is 2.18. The van der Waals surface area contributed by atoms with Gasteiger partial charge in [0.25, 0.3) is 0 Å². The number of nitrogens with one attached hydrogen (secondary N) is 1. The number of methoxy groups -OCH3 is 1. The second-order valence-corrected chi connectivity index (χ2v) is 6.88. The Balaban J connectivity index is 2.67. The summed E-state index contributed by atoms with van der Waals surface area (Å²) in [5.74, 6) is 0.681. The van der Waals surface area contributed by atoms with Crippen LogP contribution in [0.25, 0.3) is 0 Å². The number of aromatic nitrogens is 1. The van der Waals surface area contributed by atoms with E-state index in [1.54, 1.807) is 18.4 Å². The lowest BCUT2D eigenvalue weighted by molar-refractivity contribution is 0.202. The van der Waals surface area contributed by atoms with Crippen LogP contribution in [0.4, 0.5) is 5.13 Å². The number of ether oxygens (including phenoxy) is 1. The highest BCUT2D eigenvalue weighted by molar-refractivity contribution is 7.15. The van der Waals surface area contributed by atoms with Crippen molar-refractivity contribution < 1.29 is 4.74 Å². The van der Waals surface area contributed by atoms with Crippen LogP contribution in [0, 0.1) is 5.92 Å². The smallest absolute Gasteiger partial charge is 0.185 e. The maximum atomic E-state index is 5.25. The molecule has 0 atom stereocenters. The zero-order chi connectivity index (χ0) is 15.7. The van der Waals surface area contributed by atoms with Crippen molar-refractivity contribution >= 4 is 16.5 Å². The molecular formula is C16H31N3OS. The highest BCUT2D eigenvalue weighted by Crippen LogP contribution is 2.26. The lowest BCUT2D eigenvalue weighted by atomic mass is 10.1. The third kappa shape index (κ3) is 6.32. The molecule has 1 heterocycles. The fraction of sp³-hybridized carbons (Fsp3) is 0.812. The van der Waals surface area contributed by atoms with E-state index < -0.39 is 0 Å². The minimum Gasteiger partial charge on any atom is -0.383 e. The fourth-order valence-electron chi connectivity index (χ4n) is 2.35. The van der Waals surface area contributed by atoms with E-state index in [1.165, 1.54) is 4.88 Å². The second-order valence-electron chi connectivity index (χ2n) is 5.79. The molecule has 1 aromatic heterocycles. The molecule has 122 valence electrons. The van der Waals surface area contributed by atoms with E-state index >= 15 is 0 Å². The first-order valence-electron chi connectivity index (χ1n) is 8.03. The minimum atomic E-state index is 0.544. The predicted octanol–water partition coefficient (Wildman–Crippen LogP) is 3.53. The van der Waals surface area contributed by atoms with Crippen LogP contribution in [0.3, 0.4) is 0 Å². The average molecular weight is 314 g/mol. The van der Waals surface area contributed by atoms with Crippen LogP contribution in [0.15, 0.2) is 6.20 Å². The molecule has 0 aliphatic carbocycles. The maximum Gasteiger partial charge on any atom is 0.185 e. The molecule has 21 heavy (non-hydrogen) atoms. The van der Waals surface area contributed by atoms with Gasteiger partial charge in [-0.05, 0) is 25.3 Å². The first-order chi connectivity index (χ1) is 10.1. The third-order valence-corrected chi connectivity index (χ3v) is 4.59. The molecule has 0 aromatic carbocycles. The van der Waals surface area contributed by atoms with Gasteiger partial charge in [0, 0.05) is 37.3 Å². The average Bonchev–Trinajstić information content (AvgIpc) is 2.91. The summed E-state index contributed by atoms with van der Waals surface area (Å²) in [6.07, 6.45) is 4.29. The van der Waals surface area contributed by atoms with Crippen molar-refractivity contribution in [2.24, 2.45) is 5.92 Å². The van der Waals surface area contributed by atoms with Gasteiger partial charge < -0.3 is 15.0 Å². The van der Waals surface area contributed by atoms with Gasteiger partial charge in [-0.2, -0.15) is 0 Å². The molecule has 0 saturated carbocycles. The molecule has 0 aliphatic rings. The lowest BCUT2D eigenvalue weighted by Gasteiger charge is -2.29.